The number of ketones is 1. The highest BCUT2D eigenvalue weighted by atomic mass is 16.5. The van der Waals surface area contributed by atoms with Gasteiger partial charge in [-0.05, 0) is 61.6 Å². The molecule has 2 N–H and O–H groups in total. The molecule has 0 saturated carbocycles. The molecule has 2 aliphatic heterocycles. The molecule has 2 aromatic rings. The number of Topliss-reactive ketones (excluding diaryl/α,β-unsaturated/α-hetero) is 1. The SMILES string of the molecule is CCOc1ccc(/C=C2\Oc3c(ccc(O)c3C[NH+]3CCC(C)CC3)C2=O)cc1. The summed E-state index contributed by atoms with van der Waals surface area (Å²) in [5.74, 6) is 2.41. The second-order valence-corrected chi connectivity index (χ2v) is 7.99. The lowest BCUT2D eigenvalue weighted by atomic mass is 9.98. The van der Waals surface area contributed by atoms with Gasteiger partial charge in [0.2, 0.25) is 5.78 Å². The third-order valence-corrected chi connectivity index (χ3v) is 5.81. The lowest BCUT2D eigenvalue weighted by Crippen LogP contribution is -3.11. The number of hydrogen-bond acceptors (Lipinski definition) is 4. The van der Waals surface area contributed by atoms with E-state index in [1.165, 1.54) is 17.7 Å². The van der Waals surface area contributed by atoms with Crippen LogP contribution >= 0.6 is 0 Å². The summed E-state index contributed by atoms with van der Waals surface area (Å²) in [6, 6.07) is 10.8. The Kier molecular flexibility index (Phi) is 5.58. The van der Waals surface area contributed by atoms with E-state index >= 15 is 0 Å². The van der Waals surface area contributed by atoms with Gasteiger partial charge in [-0.15, -0.1) is 0 Å². The standard InChI is InChI=1S/C24H27NO4/c1-3-28-18-6-4-17(5-7-18)14-22-23(27)19-8-9-21(26)20(24(19)29-22)15-25-12-10-16(2)11-13-25/h4-9,14,16,26H,3,10-13,15H2,1-2H3/p+1/b22-14-. The summed E-state index contributed by atoms with van der Waals surface area (Å²) in [6.07, 6.45) is 4.12. The Morgan fingerprint density at radius 3 is 2.59 bits per heavy atom. The van der Waals surface area contributed by atoms with Crippen molar-refractivity contribution in [2.45, 2.75) is 33.2 Å². The molecule has 5 heteroatoms. The zero-order valence-corrected chi connectivity index (χ0v) is 17.0. The molecule has 29 heavy (non-hydrogen) atoms. The monoisotopic (exact) mass is 394 g/mol. The van der Waals surface area contributed by atoms with Crippen molar-refractivity contribution >= 4 is 11.9 Å². The maximum absolute atomic E-state index is 12.9. The Balaban J connectivity index is 1.57. The van der Waals surface area contributed by atoms with Crippen LogP contribution < -0.4 is 14.4 Å². The molecule has 152 valence electrons. The number of phenolic OH excluding ortho intramolecular Hbond substituents is 1. The predicted molar refractivity (Wildman–Crippen MR) is 111 cm³/mol. The van der Waals surface area contributed by atoms with Crippen LogP contribution in [0.4, 0.5) is 0 Å². The van der Waals surface area contributed by atoms with Crippen molar-refractivity contribution in [1.82, 2.24) is 0 Å². The van der Waals surface area contributed by atoms with Crippen molar-refractivity contribution < 1.29 is 24.3 Å². The van der Waals surface area contributed by atoms with E-state index in [0.29, 0.717) is 30.2 Å². The summed E-state index contributed by atoms with van der Waals surface area (Å²) in [5, 5.41) is 10.5. The first-order chi connectivity index (χ1) is 14.0. The summed E-state index contributed by atoms with van der Waals surface area (Å²) in [4.78, 5) is 14.3. The molecular weight excluding hydrogens is 366 g/mol. The van der Waals surface area contributed by atoms with Crippen LogP contribution in [0.3, 0.4) is 0 Å². The van der Waals surface area contributed by atoms with Gasteiger partial charge in [-0.1, -0.05) is 19.1 Å². The summed E-state index contributed by atoms with van der Waals surface area (Å²) in [7, 11) is 0. The predicted octanol–water partition coefficient (Wildman–Crippen LogP) is 3.22. The van der Waals surface area contributed by atoms with E-state index in [2.05, 4.69) is 6.92 Å². The Bertz CT molecular complexity index is 925. The molecule has 0 atom stereocenters. The van der Waals surface area contributed by atoms with Crippen LogP contribution in [0.15, 0.2) is 42.2 Å². The number of benzene rings is 2. The first kappa shape index (κ1) is 19.5. The Labute approximate surface area is 171 Å². The normalized spacial score (nSPS) is 22.4. The maximum Gasteiger partial charge on any atom is 0.231 e. The van der Waals surface area contributed by atoms with Gasteiger partial charge >= 0.3 is 0 Å². The van der Waals surface area contributed by atoms with Gasteiger partial charge in [0, 0.05) is 0 Å². The fourth-order valence-electron chi connectivity index (χ4n) is 4.04. The second kappa shape index (κ2) is 8.29. The fourth-order valence-corrected chi connectivity index (χ4v) is 4.04. The molecule has 0 amide bonds. The minimum atomic E-state index is -0.141. The zero-order valence-electron chi connectivity index (χ0n) is 17.0. The quantitative estimate of drug-likeness (QED) is 0.765. The summed E-state index contributed by atoms with van der Waals surface area (Å²) >= 11 is 0. The molecule has 2 aromatic carbocycles. The number of phenols is 1. The number of nitrogens with one attached hydrogen (secondary N) is 1. The Morgan fingerprint density at radius 1 is 1.17 bits per heavy atom. The number of aromatic hydroxyl groups is 1. The second-order valence-electron chi connectivity index (χ2n) is 7.99. The summed E-state index contributed by atoms with van der Waals surface area (Å²) in [6.45, 7) is 7.67. The fraction of sp³-hybridized carbons (Fsp3) is 0.375. The molecule has 4 rings (SSSR count). The number of allylic oxidation sites excluding steroid dienone is 1. The molecular formula is C24H28NO4+. The highest BCUT2D eigenvalue weighted by Crippen LogP contribution is 2.39. The largest absolute Gasteiger partial charge is 0.507 e. The average Bonchev–Trinajstić information content (AvgIpc) is 3.03. The number of rotatable bonds is 5. The van der Waals surface area contributed by atoms with Gasteiger partial charge in [0.05, 0.1) is 30.8 Å². The maximum atomic E-state index is 12.9. The van der Waals surface area contributed by atoms with E-state index in [9.17, 15) is 9.90 Å². The molecule has 1 saturated heterocycles. The van der Waals surface area contributed by atoms with E-state index in [1.807, 2.05) is 31.2 Å². The summed E-state index contributed by atoms with van der Waals surface area (Å²) < 4.78 is 11.4. The van der Waals surface area contributed by atoms with Crippen LogP contribution in [0, 0.1) is 5.92 Å². The highest BCUT2D eigenvalue weighted by Gasteiger charge is 2.33. The molecule has 5 nitrogen and oxygen atoms in total. The van der Waals surface area contributed by atoms with Gasteiger partial charge in [0.15, 0.2) is 11.5 Å². The molecule has 0 radical (unpaired) electrons. The minimum absolute atomic E-state index is 0.141. The van der Waals surface area contributed by atoms with Crippen LogP contribution in [-0.2, 0) is 6.54 Å². The van der Waals surface area contributed by atoms with Gasteiger partial charge in [0.1, 0.15) is 18.0 Å². The number of ether oxygens (including phenoxy) is 2. The topological polar surface area (TPSA) is 60.2 Å². The minimum Gasteiger partial charge on any atom is -0.507 e. The number of likely N-dealkylation sites (tertiary alicyclic amines) is 1. The van der Waals surface area contributed by atoms with Gasteiger partial charge in [-0.2, -0.15) is 0 Å². The van der Waals surface area contributed by atoms with Crippen LogP contribution in [-0.4, -0.2) is 30.6 Å². The third-order valence-electron chi connectivity index (χ3n) is 5.81. The highest BCUT2D eigenvalue weighted by molar-refractivity contribution is 6.14. The molecule has 1 fully saturated rings. The average molecular weight is 394 g/mol. The zero-order chi connectivity index (χ0) is 20.4. The molecule has 2 heterocycles. The first-order valence-electron chi connectivity index (χ1n) is 10.4. The van der Waals surface area contributed by atoms with Crippen molar-refractivity contribution in [3.8, 4) is 17.2 Å². The number of carbonyl (C=O) groups excluding carboxylic acids is 1. The van der Waals surface area contributed by atoms with Gasteiger partial charge in [-0.3, -0.25) is 4.79 Å². The van der Waals surface area contributed by atoms with Gasteiger partial charge in [-0.25, -0.2) is 0 Å². The van der Waals surface area contributed by atoms with Gasteiger partial charge < -0.3 is 19.5 Å². The molecule has 2 aliphatic rings. The lowest BCUT2D eigenvalue weighted by molar-refractivity contribution is -0.919. The molecule has 0 aliphatic carbocycles. The molecule has 0 bridgehead atoms. The van der Waals surface area contributed by atoms with Crippen molar-refractivity contribution in [3.05, 3.63) is 58.8 Å². The molecule has 0 spiro atoms. The van der Waals surface area contributed by atoms with Crippen LogP contribution in [0.2, 0.25) is 0 Å². The van der Waals surface area contributed by atoms with Crippen LogP contribution in [0.1, 0.15) is 48.2 Å². The van der Waals surface area contributed by atoms with E-state index in [-0.39, 0.29) is 11.5 Å². The Hall–Kier alpha value is -2.79. The van der Waals surface area contributed by atoms with E-state index in [4.69, 9.17) is 9.47 Å². The number of carbonyl (C=O) groups is 1. The van der Waals surface area contributed by atoms with E-state index in [1.54, 1.807) is 18.2 Å². The van der Waals surface area contributed by atoms with Crippen LogP contribution in [0.25, 0.3) is 6.08 Å². The molecule has 0 aromatic heterocycles. The lowest BCUT2D eigenvalue weighted by Gasteiger charge is -2.27. The van der Waals surface area contributed by atoms with Crippen molar-refractivity contribution in [2.75, 3.05) is 19.7 Å². The number of piperidine rings is 1. The number of hydrogen-bond donors (Lipinski definition) is 2. The third kappa shape index (κ3) is 4.15. The number of quaternary nitrogens is 1. The van der Waals surface area contributed by atoms with E-state index in [0.717, 1.165) is 35.9 Å². The first-order valence-corrected chi connectivity index (χ1v) is 10.4. The summed E-state index contributed by atoms with van der Waals surface area (Å²) in [5.41, 5.74) is 2.13. The van der Waals surface area contributed by atoms with Crippen molar-refractivity contribution in [2.24, 2.45) is 5.92 Å². The van der Waals surface area contributed by atoms with Crippen molar-refractivity contribution in [3.63, 3.8) is 0 Å². The smallest absolute Gasteiger partial charge is 0.231 e. The Morgan fingerprint density at radius 2 is 1.90 bits per heavy atom. The van der Waals surface area contributed by atoms with Crippen molar-refractivity contribution in [1.29, 1.82) is 0 Å². The number of fused-ring (bicyclic) bond motifs is 1. The van der Waals surface area contributed by atoms with Crippen LogP contribution in [0.5, 0.6) is 17.2 Å². The van der Waals surface area contributed by atoms with Gasteiger partial charge in [0.25, 0.3) is 0 Å². The molecule has 0 unspecified atom stereocenters. The van der Waals surface area contributed by atoms with E-state index < -0.39 is 0 Å².